The molecule has 14 heteroatoms. The third-order valence-corrected chi connectivity index (χ3v) is 6.29. The highest BCUT2D eigenvalue weighted by molar-refractivity contribution is 9.10. The van der Waals surface area contributed by atoms with Crippen molar-refractivity contribution in [3.8, 4) is 5.82 Å². The Morgan fingerprint density at radius 3 is 2.46 bits per heavy atom. The molecule has 200 valence electrons. The van der Waals surface area contributed by atoms with Crippen LogP contribution in [-0.4, -0.2) is 39.1 Å². The van der Waals surface area contributed by atoms with Gasteiger partial charge in [0.1, 0.15) is 10.3 Å². The second-order valence-electron chi connectivity index (χ2n) is 7.82. The van der Waals surface area contributed by atoms with Crippen LogP contribution < -0.4 is 16.1 Å². The van der Waals surface area contributed by atoms with Crippen LogP contribution in [-0.2, 0) is 16.2 Å². The van der Waals surface area contributed by atoms with Crippen molar-refractivity contribution in [1.29, 1.82) is 0 Å². The molecule has 4 aromatic rings. The summed E-state index contributed by atoms with van der Waals surface area (Å²) in [5.74, 6) is -1.71. The molecule has 0 fully saturated rings. The molecule has 39 heavy (non-hydrogen) atoms. The van der Waals surface area contributed by atoms with Gasteiger partial charge in [0, 0.05) is 23.8 Å². The molecule has 4 rings (SSSR count). The van der Waals surface area contributed by atoms with Crippen molar-refractivity contribution in [3.05, 3.63) is 103 Å². The standard InChI is InChI=1S/C25H18BrCl3N6O4/c26-20-11-19(35(33-20)23-17(28)7-4-8-30-23)25(38)32-22-16(9-15(27)10-18(22)29)24(37)34-39-13-21(36)31-12-14-5-2-1-3-6-14/h1-11H,12-13H2,(H,31,36)(H,32,38)(H,34,37). The molecule has 10 nitrogen and oxygen atoms in total. The van der Waals surface area contributed by atoms with E-state index in [1.807, 2.05) is 30.3 Å². The molecular formula is C25H18BrCl3N6O4. The maximum atomic E-state index is 13.3. The molecule has 3 amide bonds. The van der Waals surface area contributed by atoms with Gasteiger partial charge >= 0.3 is 0 Å². The summed E-state index contributed by atoms with van der Waals surface area (Å²) >= 11 is 21.9. The number of anilines is 1. The maximum Gasteiger partial charge on any atom is 0.277 e. The molecule has 0 saturated carbocycles. The van der Waals surface area contributed by atoms with E-state index < -0.39 is 24.3 Å². The topological polar surface area (TPSA) is 127 Å². The Morgan fingerprint density at radius 2 is 1.72 bits per heavy atom. The van der Waals surface area contributed by atoms with E-state index in [0.717, 1.165) is 5.56 Å². The van der Waals surface area contributed by atoms with E-state index in [1.54, 1.807) is 12.1 Å². The molecule has 0 atom stereocenters. The number of pyridine rings is 1. The predicted molar refractivity (Wildman–Crippen MR) is 150 cm³/mol. The molecule has 0 bridgehead atoms. The first kappa shape index (κ1) is 28.5. The minimum Gasteiger partial charge on any atom is -0.350 e. The first-order valence-corrected chi connectivity index (χ1v) is 13.0. The zero-order chi connectivity index (χ0) is 27.9. The summed E-state index contributed by atoms with van der Waals surface area (Å²) < 4.78 is 1.58. The molecular weight excluding hydrogens is 635 g/mol. The molecule has 2 heterocycles. The summed E-state index contributed by atoms with van der Waals surface area (Å²) in [6, 6.07) is 16.6. The van der Waals surface area contributed by atoms with Gasteiger partial charge in [-0.25, -0.2) is 15.1 Å². The van der Waals surface area contributed by atoms with Gasteiger partial charge in [0.05, 0.1) is 21.3 Å². The Kier molecular flexibility index (Phi) is 9.54. The number of amides is 3. The number of hydroxylamine groups is 1. The van der Waals surface area contributed by atoms with E-state index in [0.29, 0.717) is 11.1 Å². The predicted octanol–water partition coefficient (Wildman–Crippen LogP) is 5.22. The van der Waals surface area contributed by atoms with Gasteiger partial charge in [-0.1, -0.05) is 65.1 Å². The van der Waals surface area contributed by atoms with Gasteiger partial charge in [-0.15, -0.1) is 0 Å². The monoisotopic (exact) mass is 650 g/mol. The number of benzene rings is 2. The Labute approximate surface area is 245 Å². The largest absolute Gasteiger partial charge is 0.350 e. The van der Waals surface area contributed by atoms with Crippen LogP contribution in [0.4, 0.5) is 5.69 Å². The van der Waals surface area contributed by atoms with Gasteiger partial charge in [-0.2, -0.15) is 5.10 Å². The minimum atomic E-state index is -0.798. The zero-order valence-corrected chi connectivity index (χ0v) is 23.6. The Balaban J connectivity index is 1.46. The SMILES string of the molecule is O=C(CONC(=O)c1cc(Cl)cc(Cl)c1NC(=O)c1cc(Br)nn1-c1ncccc1Cl)NCc1ccccc1. The average molecular weight is 653 g/mol. The van der Waals surface area contributed by atoms with E-state index in [2.05, 4.69) is 42.1 Å². The van der Waals surface area contributed by atoms with Gasteiger partial charge in [-0.3, -0.25) is 19.2 Å². The second-order valence-corrected chi connectivity index (χ2v) is 9.88. The number of nitrogens with one attached hydrogen (secondary N) is 3. The normalized spacial score (nSPS) is 10.7. The van der Waals surface area contributed by atoms with E-state index >= 15 is 0 Å². The molecule has 0 radical (unpaired) electrons. The molecule has 2 aromatic carbocycles. The highest BCUT2D eigenvalue weighted by Crippen LogP contribution is 2.31. The van der Waals surface area contributed by atoms with Crippen molar-refractivity contribution in [2.24, 2.45) is 0 Å². The van der Waals surface area contributed by atoms with Crippen LogP contribution in [0.15, 0.2) is 71.5 Å². The fourth-order valence-corrected chi connectivity index (χ4v) is 4.45. The van der Waals surface area contributed by atoms with Crippen molar-refractivity contribution in [2.75, 3.05) is 11.9 Å². The number of carbonyl (C=O) groups is 3. The number of nitrogens with zero attached hydrogens (tertiary/aromatic N) is 3. The number of carbonyl (C=O) groups excluding carboxylic acids is 3. The summed E-state index contributed by atoms with van der Waals surface area (Å²) in [7, 11) is 0. The number of rotatable bonds is 9. The van der Waals surface area contributed by atoms with Crippen molar-refractivity contribution in [1.82, 2.24) is 25.6 Å². The summed E-state index contributed by atoms with van der Waals surface area (Å²) in [4.78, 5) is 47.5. The van der Waals surface area contributed by atoms with Crippen molar-refractivity contribution in [3.63, 3.8) is 0 Å². The quantitative estimate of drug-likeness (QED) is 0.213. The van der Waals surface area contributed by atoms with Gasteiger partial charge < -0.3 is 10.6 Å². The number of hydrogen-bond donors (Lipinski definition) is 3. The lowest BCUT2D eigenvalue weighted by Crippen LogP contribution is -2.33. The summed E-state index contributed by atoms with van der Waals surface area (Å²) in [5, 5.41) is 9.89. The lowest BCUT2D eigenvalue weighted by atomic mass is 10.1. The smallest absolute Gasteiger partial charge is 0.277 e. The van der Waals surface area contributed by atoms with Gasteiger partial charge in [0.15, 0.2) is 12.4 Å². The van der Waals surface area contributed by atoms with Crippen LogP contribution in [0.25, 0.3) is 5.82 Å². The molecule has 2 aromatic heterocycles. The molecule has 0 aliphatic rings. The maximum absolute atomic E-state index is 13.3. The van der Waals surface area contributed by atoms with Crippen LogP contribution >= 0.6 is 50.7 Å². The van der Waals surface area contributed by atoms with E-state index in [4.69, 9.17) is 39.6 Å². The van der Waals surface area contributed by atoms with E-state index in [1.165, 1.54) is 29.1 Å². The first-order valence-electron chi connectivity index (χ1n) is 11.1. The van der Waals surface area contributed by atoms with Gasteiger partial charge in [0.25, 0.3) is 11.8 Å². The number of hydrogen-bond acceptors (Lipinski definition) is 6. The average Bonchev–Trinajstić information content (AvgIpc) is 3.31. The lowest BCUT2D eigenvalue weighted by molar-refractivity contribution is -0.127. The summed E-state index contributed by atoms with van der Waals surface area (Å²) in [6.07, 6.45) is 1.50. The van der Waals surface area contributed by atoms with Crippen LogP contribution in [0.1, 0.15) is 26.4 Å². The van der Waals surface area contributed by atoms with Gasteiger partial charge in [-0.05, 0) is 45.8 Å². The lowest BCUT2D eigenvalue weighted by Gasteiger charge is -2.14. The van der Waals surface area contributed by atoms with Crippen LogP contribution in [0.5, 0.6) is 0 Å². The second kappa shape index (κ2) is 13.0. The third kappa shape index (κ3) is 7.34. The fraction of sp³-hybridized carbons (Fsp3) is 0.0800. The Bertz CT molecular complexity index is 1530. The van der Waals surface area contributed by atoms with Crippen molar-refractivity contribution >= 4 is 74.1 Å². The molecule has 0 unspecified atom stereocenters. The van der Waals surface area contributed by atoms with Gasteiger partial charge in [0.2, 0.25) is 5.91 Å². The minimum absolute atomic E-state index is 0.0115. The molecule has 0 saturated heterocycles. The van der Waals surface area contributed by atoms with Crippen molar-refractivity contribution in [2.45, 2.75) is 6.54 Å². The highest BCUT2D eigenvalue weighted by Gasteiger charge is 2.23. The third-order valence-electron chi connectivity index (χ3n) is 5.09. The van der Waals surface area contributed by atoms with Crippen LogP contribution in [0, 0.1) is 0 Å². The molecule has 0 aliphatic carbocycles. The van der Waals surface area contributed by atoms with Crippen LogP contribution in [0.2, 0.25) is 15.1 Å². The summed E-state index contributed by atoms with van der Waals surface area (Å²) in [5.41, 5.74) is 2.97. The highest BCUT2D eigenvalue weighted by atomic mass is 79.9. The molecule has 0 spiro atoms. The van der Waals surface area contributed by atoms with Crippen LogP contribution in [0.3, 0.4) is 0 Å². The number of halogens is 4. The van der Waals surface area contributed by atoms with Crippen molar-refractivity contribution < 1.29 is 19.2 Å². The fourth-order valence-electron chi connectivity index (χ4n) is 3.34. The Hall–Kier alpha value is -3.48. The molecule has 3 N–H and O–H groups in total. The van der Waals surface area contributed by atoms with E-state index in [-0.39, 0.29) is 37.8 Å². The number of aromatic nitrogens is 3. The zero-order valence-electron chi connectivity index (χ0n) is 19.8. The Morgan fingerprint density at radius 1 is 0.949 bits per heavy atom. The summed E-state index contributed by atoms with van der Waals surface area (Å²) in [6.45, 7) is -0.153. The first-order chi connectivity index (χ1) is 18.7. The van der Waals surface area contributed by atoms with E-state index in [9.17, 15) is 14.4 Å². The molecule has 0 aliphatic heterocycles.